The van der Waals surface area contributed by atoms with Gasteiger partial charge in [-0.3, -0.25) is 4.99 Å². The maximum Gasteiger partial charge on any atom is 0.102 e. The van der Waals surface area contributed by atoms with Gasteiger partial charge in [0, 0.05) is 6.21 Å². The highest BCUT2D eigenvalue weighted by molar-refractivity contribution is 5.86. The average molecular weight is 212 g/mol. The van der Waals surface area contributed by atoms with Crippen molar-refractivity contribution in [3.8, 4) is 6.07 Å². The molecule has 0 aliphatic carbocycles. The second-order valence-electron chi connectivity index (χ2n) is 4.21. The molecule has 2 nitrogen and oxygen atoms in total. The summed E-state index contributed by atoms with van der Waals surface area (Å²) in [5.41, 5.74) is 2.07. The number of aliphatic imine (C=N–C) groups is 1. The van der Waals surface area contributed by atoms with Gasteiger partial charge in [0.05, 0.1) is 12.0 Å². The Morgan fingerprint density at radius 3 is 2.75 bits per heavy atom. The Morgan fingerprint density at radius 1 is 1.38 bits per heavy atom. The molecule has 82 valence electrons. The van der Waals surface area contributed by atoms with Crippen LogP contribution in [0.25, 0.3) is 0 Å². The minimum absolute atomic E-state index is 0.0302. The minimum Gasteiger partial charge on any atom is -0.280 e. The first-order valence-electron chi connectivity index (χ1n) is 5.82. The van der Waals surface area contributed by atoms with Crippen LogP contribution in [0, 0.1) is 17.2 Å². The Morgan fingerprint density at radius 2 is 2.12 bits per heavy atom. The fraction of sp³-hybridized carbons (Fsp3) is 0.429. The summed E-state index contributed by atoms with van der Waals surface area (Å²) in [6, 6.07) is 10.6. The first-order chi connectivity index (χ1) is 7.78. The molecule has 1 aliphatic rings. The van der Waals surface area contributed by atoms with E-state index in [1.807, 2.05) is 18.3 Å². The molecule has 2 atom stereocenters. The van der Waals surface area contributed by atoms with E-state index in [0.717, 1.165) is 18.4 Å². The van der Waals surface area contributed by atoms with Gasteiger partial charge in [0.1, 0.15) is 5.54 Å². The Bertz CT molecular complexity index is 456. The van der Waals surface area contributed by atoms with E-state index in [4.69, 9.17) is 0 Å². The molecular weight excluding hydrogens is 196 g/mol. The van der Waals surface area contributed by atoms with Crippen LogP contribution in [0.1, 0.15) is 37.8 Å². The largest absolute Gasteiger partial charge is 0.280 e. The number of fused-ring (bicyclic) bond motifs is 1. The lowest BCUT2D eigenvalue weighted by atomic mass is 9.76. The smallest absolute Gasteiger partial charge is 0.102 e. The molecule has 1 aromatic rings. The number of nitriles is 1. The zero-order chi connectivity index (χ0) is 11.6. The van der Waals surface area contributed by atoms with Gasteiger partial charge in [-0.15, -0.1) is 0 Å². The summed E-state index contributed by atoms with van der Waals surface area (Å²) in [6.07, 6.45) is 3.64. The summed E-state index contributed by atoms with van der Waals surface area (Å²) < 4.78 is 0. The van der Waals surface area contributed by atoms with Crippen molar-refractivity contribution in [2.45, 2.75) is 32.2 Å². The molecule has 0 amide bonds. The second-order valence-corrected chi connectivity index (χ2v) is 4.21. The number of hydrogen-bond acceptors (Lipinski definition) is 2. The van der Waals surface area contributed by atoms with Crippen LogP contribution in [0.2, 0.25) is 0 Å². The molecule has 0 fully saturated rings. The first-order valence-corrected chi connectivity index (χ1v) is 5.82. The summed E-state index contributed by atoms with van der Waals surface area (Å²) in [5, 5.41) is 9.28. The lowest BCUT2D eigenvalue weighted by Gasteiger charge is -2.30. The maximum atomic E-state index is 9.28. The standard InChI is InChI=1S/C14H16N2/c1-3-12(9-15)14(4-2)13-8-6-5-7-11(13)10-16-14/h5-8,10,12H,3-4H2,1-2H3. The van der Waals surface area contributed by atoms with Gasteiger partial charge < -0.3 is 0 Å². The van der Waals surface area contributed by atoms with Gasteiger partial charge >= 0.3 is 0 Å². The summed E-state index contributed by atoms with van der Waals surface area (Å²) >= 11 is 0. The Hall–Kier alpha value is -1.62. The third-order valence-corrected chi connectivity index (χ3v) is 3.54. The minimum atomic E-state index is -0.305. The molecule has 0 aromatic heterocycles. The van der Waals surface area contributed by atoms with Crippen LogP contribution in [-0.2, 0) is 5.54 Å². The lowest BCUT2D eigenvalue weighted by Crippen LogP contribution is -2.30. The zero-order valence-corrected chi connectivity index (χ0v) is 9.77. The molecule has 0 bridgehead atoms. The van der Waals surface area contributed by atoms with Crippen molar-refractivity contribution in [3.05, 3.63) is 35.4 Å². The van der Waals surface area contributed by atoms with Crippen LogP contribution in [0.15, 0.2) is 29.3 Å². The first kappa shape index (κ1) is 10.9. The van der Waals surface area contributed by atoms with Crippen LogP contribution >= 0.6 is 0 Å². The summed E-state index contributed by atoms with van der Waals surface area (Å²) in [4.78, 5) is 4.65. The average Bonchev–Trinajstić information content (AvgIpc) is 2.71. The van der Waals surface area contributed by atoms with Gasteiger partial charge in [0.15, 0.2) is 0 Å². The normalized spacial score (nSPS) is 23.8. The number of benzene rings is 1. The molecule has 2 rings (SSSR count). The third kappa shape index (κ3) is 1.36. The van der Waals surface area contributed by atoms with E-state index in [1.54, 1.807) is 0 Å². The molecule has 0 spiro atoms. The fourth-order valence-corrected chi connectivity index (χ4v) is 2.60. The highest BCUT2D eigenvalue weighted by Crippen LogP contribution is 2.43. The number of rotatable bonds is 3. The molecule has 16 heavy (non-hydrogen) atoms. The highest BCUT2D eigenvalue weighted by atomic mass is 14.9. The second kappa shape index (κ2) is 4.09. The van der Waals surface area contributed by atoms with Gasteiger partial charge in [-0.05, 0) is 24.0 Å². The van der Waals surface area contributed by atoms with E-state index in [9.17, 15) is 5.26 Å². The molecule has 1 heterocycles. The molecule has 2 unspecified atom stereocenters. The monoisotopic (exact) mass is 212 g/mol. The van der Waals surface area contributed by atoms with Crippen molar-refractivity contribution in [2.24, 2.45) is 10.9 Å². The van der Waals surface area contributed by atoms with E-state index < -0.39 is 0 Å². The van der Waals surface area contributed by atoms with Crippen LogP contribution < -0.4 is 0 Å². The molecular formula is C14H16N2. The van der Waals surface area contributed by atoms with Crippen molar-refractivity contribution in [2.75, 3.05) is 0 Å². The quantitative estimate of drug-likeness (QED) is 0.757. The predicted molar refractivity (Wildman–Crippen MR) is 65.4 cm³/mol. The molecule has 0 radical (unpaired) electrons. The molecule has 1 aromatic carbocycles. The summed E-state index contributed by atoms with van der Waals surface area (Å²) in [5.74, 6) is -0.0302. The van der Waals surface area contributed by atoms with Gasteiger partial charge in [0.25, 0.3) is 0 Å². The molecule has 1 aliphatic heterocycles. The summed E-state index contributed by atoms with van der Waals surface area (Å²) in [6.45, 7) is 4.17. The number of hydrogen-bond donors (Lipinski definition) is 0. The maximum absolute atomic E-state index is 9.28. The number of nitrogens with zero attached hydrogens (tertiary/aromatic N) is 2. The van der Waals surface area contributed by atoms with Gasteiger partial charge in [-0.2, -0.15) is 5.26 Å². The molecule has 0 N–H and O–H groups in total. The van der Waals surface area contributed by atoms with Gasteiger partial charge in [-0.1, -0.05) is 38.1 Å². The van der Waals surface area contributed by atoms with Gasteiger partial charge in [-0.25, -0.2) is 0 Å². The van der Waals surface area contributed by atoms with E-state index >= 15 is 0 Å². The van der Waals surface area contributed by atoms with Gasteiger partial charge in [0.2, 0.25) is 0 Å². The van der Waals surface area contributed by atoms with Crippen molar-refractivity contribution < 1.29 is 0 Å². The van der Waals surface area contributed by atoms with Crippen molar-refractivity contribution >= 4 is 6.21 Å². The van der Waals surface area contributed by atoms with E-state index in [1.165, 1.54) is 5.56 Å². The van der Waals surface area contributed by atoms with E-state index in [2.05, 4.69) is 37.0 Å². The molecule has 2 heteroatoms. The molecule has 0 saturated heterocycles. The molecule has 0 saturated carbocycles. The van der Waals surface area contributed by atoms with Crippen molar-refractivity contribution in [1.82, 2.24) is 0 Å². The zero-order valence-electron chi connectivity index (χ0n) is 9.77. The SMILES string of the molecule is CCC(C#N)C1(CC)N=Cc2ccccc21. The third-order valence-electron chi connectivity index (χ3n) is 3.54. The van der Waals surface area contributed by atoms with E-state index in [0.29, 0.717) is 0 Å². The van der Waals surface area contributed by atoms with Crippen molar-refractivity contribution in [1.29, 1.82) is 5.26 Å². The predicted octanol–water partition coefficient (Wildman–Crippen LogP) is 3.27. The van der Waals surface area contributed by atoms with Crippen LogP contribution in [0.3, 0.4) is 0 Å². The summed E-state index contributed by atoms with van der Waals surface area (Å²) in [7, 11) is 0. The Labute approximate surface area is 96.6 Å². The Kier molecular flexibility index (Phi) is 2.78. The Balaban J connectivity index is 2.54. The lowest BCUT2D eigenvalue weighted by molar-refractivity contribution is 0.325. The highest BCUT2D eigenvalue weighted by Gasteiger charge is 2.41. The van der Waals surface area contributed by atoms with Crippen LogP contribution in [-0.4, -0.2) is 6.21 Å². The fourth-order valence-electron chi connectivity index (χ4n) is 2.60. The van der Waals surface area contributed by atoms with Crippen LogP contribution in [0.5, 0.6) is 0 Å². The van der Waals surface area contributed by atoms with E-state index in [-0.39, 0.29) is 11.5 Å². The van der Waals surface area contributed by atoms with Crippen LogP contribution in [0.4, 0.5) is 0 Å². The topological polar surface area (TPSA) is 36.1 Å². The van der Waals surface area contributed by atoms with Crippen molar-refractivity contribution in [3.63, 3.8) is 0 Å².